The van der Waals surface area contributed by atoms with Gasteiger partial charge in [-0.1, -0.05) is 18.2 Å². The second-order valence-electron chi connectivity index (χ2n) is 4.06. The van der Waals surface area contributed by atoms with E-state index in [9.17, 15) is 4.79 Å². The van der Waals surface area contributed by atoms with Gasteiger partial charge in [-0.25, -0.2) is 0 Å². The molecule has 3 nitrogen and oxygen atoms in total. The second-order valence-corrected chi connectivity index (χ2v) is 4.85. The van der Waals surface area contributed by atoms with E-state index < -0.39 is 0 Å². The van der Waals surface area contributed by atoms with Crippen molar-refractivity contribution in [1.29, 1.82) is 0 Å². The fourth-order valence-electron chi connectivity index (χ4n) is 1.65. The molecular weight excluding hydrogens is 292 g/mol. The van der Waals surface area contributed by atoms with E-state index >= 15 is 0 Å². The van der Waals surface area contributed by atoms with Crippen molar-refractivity contribution in [2.24, 2.45) is 0 Å². The number of nitrogens with one attached hydrogen (secondary N) is 1. The normalized spacial score (nSPS) is 10.2. The smallest absolute Gasteiger partial charge is 0.274 e. The monoisotopic (exact) mass is 304 g/mol. The summed E-state index contributed by atoms with van der Waals surface area (Å²) in [6, 6.07) is 9.42. The molecular formula is C14H13BrN2O. The summed E-state index contributed by atoms with van der Waals surface area (Å²) in [7, 11) is 0. The zero-order valence-corrected chi connectivity index (χ0v) is 11.8. The Bertz CT molecular complexity index is 596. The fourth-order valence-corrected chi connectivity index (χ4v) is 2.01. The van der Waals surface area contributed by atoms with E-state index in [0.29, 0.717) is 5.69 Å². The lowest BCUT2D eigenvalue weighted by Gasteiger charge is -2.09. The van der Waals surface area contributed by atoms with Gasteiger partial charge >= 0.3 is 0 Å². The van der Waals surface area contributed by atoms with Crippen LogP contribution in [0.5, 0.6) is 0 Å². The van der Waals surface area contributed by atoms with E-state index in [1.165, 1.54) is 0 Å². The summed E-state index contributed by atoms with van der Waals surface area (Å²) >= 11 is 3.46. The SMILES string of the molecule is Cc1cccnc1C(=O)Nc1cccc(C)c1Br. The van der Waals surface area contributed by atoms with Gasteiger partial charge in [-0.3, -0.25) is 9.78 Å². The van der Waals surface area contributed by atoms with Gasteiger partial charge in [-0.15, -0.1) is 0 Å². The van der Waals surface area contributed by atoms with Crippen molar-refractivity contribution in [2.75, 3.05) is 5.32 Å². The number of halogens is 1. The van der Waals surface area contributed by atoms with Crippen molar-refractivity contribution in [3.05, 3.63) is 57.8 Å². The van der Waals surface area contributed by atoms with Crippen molar-refractivity contribution < 1.29 is 4.79 Å². The van der Waals surface area contributed by atoms with Gasteiger partial charge in [0.25, 0.3) is 5.91 Å². The van der Waals surface area contributed by atoms with E-state index in [1.807, 2.05) is 44.2 Å². The maximum Gasteiger partial charge on any atom is 0.274 e. The molecule has 0 spiro atoms. The maximum absolute atomic E-state index is 12.1. The first kappa shape index (κ1) is 12.8. The predicted molar refractivity (Wildman–Crippen MR) is 75.8 cm³/mol. The highest BCUT2D eigenvalue weighted by Gasteiger charge is 2.12. The third kappa shape index (κ3) is 2.59. The summed E-state index contributed by atoms with van der Waals surface area (Å²) in [5, 5.41) is 2.86. The van der Waals surface area contributed by atoms with Gasteiger partial charge in [-0.2, -0.15) is 0 Å². The van der Waals surface area contributed by atoms with Gasteiger partial charge in [0.1, 0.15) is 5.69 Å². The Labute approximate surface area is 114 Å². The number of carbonyl (C=O) groups is 1. The number of nitrogens with zero attached hydrogens (tertiary/aromatic N) is 1. The Morgan fingerprint density at radius 1 is 1.17 bits per heavy atom. The van der Waals surface area contributed by atoms with Crippen molar-refractivity contribution in [3.8, 4) is 0 Å². The van der Waals surface area contributed by atoms with E-state index in [2.05, 4.69) is 26.2 Å². The van der Waals surface area contributed by atoms with Gasteiger partial charge < -0.3 is 5.32 Å². The number of anilines is 1. The second kappa shape index (κ2) is 5.31. The molecule has 1 heterocycles. The van der Waals surface area contributed by atoms with Crippen LogP contribution >= 0.6 is 15.9 Å². The molecule has 1 amide bonds. The first-order chi connectivity index (χ1) is 8.59. The number of aryl methyl sites for hydroxylation is 2. The molecule has 4 heteroatoms. The van der Waals surface area contributed by atoms with E-state index in [4.69, 9.17) is 0 Å². The standard InChI is InChI=1S/C14H13BrN2O/c1-9-5-3-7-11(12(9)15)17-14(18)13-10(2)6-4-8-16-13/h3-8H,1-2H3,(H,17,18). The predicted octanol–water partition coefficient (Wildman–Crippen LogP) is 3.71. The largest absolute Gasteiger partial charge is 0.320 e. The minimum atomic E-state index is -0.195. The molecule has 2 rings (SSSR count). The molecule has 0 aliphatic rings. The number of aromatic nitrogens is 1. The number of carbonyl (C=O) groups excluding carboxylic acids is 1. The summed E-state index contributed by atoms with van der Waals surface area (Å²) in [6.45, 7) is 3.85. The molecule has 18 heavy (non-hydrogen) atoms. The third-order valence-electron chi connectivity index (χ3n) is 2.66. The average molecular weight is 305 g/mol. The molecule has 92 valence electrons. The highest BCUT2D eigenvalue weighted by Crippen LogP contribution is 2.26. The minimum Gasteiger partial charge on any atom is -0.320 e. The van der Waals surface area contributed by atoms with Crippen LogP contribution in [-0.2, 0) is 0 Å². The summed E-state index contributed by atoms with van der Waals surface area (Å²) in [6.07, 6.45) is 1.62. The summed E-state index contributed by atoms with van der Waals surface area (Å²) in [4.78, 5) is 16.2. The Hall–Kier alpha value is -1.68. The fraction of sp³-hybridized carbons (Fsp3) is 0.143. The summed E-state index contributed by atoms with van der Waals surface area (Å²) in [5.74, 6) is -0.195. The van der Waals surface area contributed by atoms with Crippen LogP contribution in [0.1, 0.15) is 21.6 Å². The molecule has 0 saturated heterocycles. The first-order valence-corrected chi connectivity index (χ1v) is 6.37. The lowest BCUT2D eigenvalue weighted by molar-refractivity contribution is 0.102. The van der Waals surface area contributed by atoms with Gasteiger partial charge in [0, 0.05) is 10.7 Å². The van der Waals surface area contributed by atoms with Crippen molar-refractivity contribution in [2.45, 2.75) is 13.8 Å². The van der Waals surface area contributed by atoms with Crippen LogP contribution in [-0.4, -0.2) is 10.9 Å². The van der Waals surface area contributed by atoms with Crippen LogP contribution in [0, 0.1) is 13.8 Å². The number of pyridine rings is 1. The highest BCUT2D eigenvalue weighted by atomic mass is 79.9. The van der Waals surface area contributed by atoms with Crippen LogP contribution < -0.4 is 5.32 Å². The number of hydrogen-bond donors (Lipinski definition) is 1. The molecule has 0 atom stereocenters. The van der Waals surface area contributed by atoms with E-state index in [0.717, 1.165) is 21.3 Å². The van der Waals surface area contributed by atoms with Gasteiger partial charge in [-0.05, 0) is 53.0 Å². The van der Waals surface area contributed by atoms with Crippen LogP contribution in [0.3, 0.4) is 0 Å². The quantitative estimate of drug-likeness (QED) is 0.919. The number of benzene rings is 1. The molecule has 2 aromatic rings. The number of hydrogen-bond acceptors (Lipinski definition) is 2. The van der Waals surface area contributed by atoms with Crippen molar-refractivity contribution >= 4 is 27.5 Å². The molecule has 1 N–H and O–H groups in total. The Balaban J connectivity index is 2.27. The number of rotatable bonds is 2. The molecule has 1 aromatic heterocycles. The Morgan fingerprint density at radius 3 is 2.61 bits per heavy atom. The molecule has 0 bridgehead atoms. The maximum atomic E-state index is 12.1. The Morgan fingerprint density at radius 2 is 1.89 bits per heavy atom. The summed E-state index contributed by atoms with van der Waals surface area (Å²) in [5.41, 5.74) is 3.14. The highest BCUT2D eigenvalue weighted by molar-refractivity contribution is 9.10. The van der Waals surface area contributed by atoms with Crippen LogP contribution in [0.2, 0.25) is 0 Å². The molecule has 0 radical (unpaired) electrons. The lowest BCUT2D eigenvalue weighted by Crippen LogP contribution is -2.15. The van der Waals surface area contributed by atoms with Crippen molar-refractivity contribution in [3.63, 3.8) is 0 Å². The Kier molecular flexibility index (Phi) is 3.77. The molecule has 0 saturated carbocycles. The van der Waals surface area contributed by atoms with Crippen LogP contribution in [0.15, 0.2) is 41.0 Å². The molecule has 1 aromatic carbocycles. The summed E-state index contributed by atoms with van der Waals surface area (Å²) < 4.78 is 0.895. The van der Waals surface area contributed by atoms with Crippen molar-refractivity contribution in [1.82, 2.24) is 4.98 Å². The van der Waals surface area contributed by atoms with Crippen LogP contribution in [0.4, 0.5) is 5.69 Å². The minimum absolute atomic E-state index is 0.195. The van der Waals surface area contributed by atoms with Gasteiger partial charge in [0.15, 0.2) is 0 Å². The lowest BCUT2D eigenvalue weighted by atomic mass is 10.2. The van der Waals surface area contributed by atoms with Gasteiger partial charge in [0.05, 0.1) is 5.69 Å². The topological polar surface area (TPSA) is 42.0 Å². The average Bonchev–Trinajstić information content (AvgIpc) is 2.35. The van der Waals surface area contributed by atoms with Gasteiger partial charge in [0.2, 0.25) is 0 Å². The number of amides is 1. The van der Waals surface area contributed by atoms with E-state index in [-0.39, 0.29) is 5.91 Å². The van der Waals surface area contributed by atoms with E-state index in [1.54, 1.807) is 6.20 Å². The molecule has 0 aliphatic heterocycles. The zero-order chi connectivity index (χ0) is 13.1. The van der Waals surface area contributed by atoms with Crippen LogP contribution in [0.25, 0.3) is 0 Å². The molecule has 0 aliphatic carbocycles. The first-order valence-electron chi connectivity index (χ1n) is 5.57. The molecule has 0 unspecified atom stereocenters. The molecule has 0 fully saturated rings. The zero-order valence-electron chi connectivity index (χ0n) is 10.2. The third-order valence-corrected chi connectivity index (χ3v) is 3.72.